The summed E-state index contributed by atoms with van der Waals surface area (Å²) in [6, 6.07) is 0. The number of ether oxygens (including phenoxy) is 10. The zero-order valence-electron chi connectivity index (χ0n) is 61.0. The smallest absolute Gasteiger partial charge is 0.308 e. The number of quaternary nitrogens is 1. The molecular formula is C69H130ClNO31. The second-order valence-electron chi connectivity index (χ2n) is 27.9. The van der Waals surface area contributed by atoms with Gasteiger partial charge >= 0.3 is 23.9 Å². The molecule has 604 valence electrons. The van der Waals surface area contributed by atoms with Gasteiger partial charge < -0.3 is 151 Å². The summed E-state index contributed by atoms with van der Waals surface area (Å²) in [5, 5.41) is 171. The van der Waals surface area contributed by atoms with Gasteiger partial charge in [0, 0.05) is 0 Å². The van der Waals surface area contributed by atoms with Crippen molar-refractivity contribution < 1.29 is 170 Å². The van der Waals surface area contributed by atoms with Crippen molar-refractivity contribution in [3.63, 3.8) is 0 Å². The third-order valence-electron chi connectivity index (χ3n) is 18.1. The predicted octanol–water partition coefficient (Wildman–Crippen LogP) is -2.32. The molecule has 17 N–H and O–H groups in total. The standard InChI is InChI=1S/2C32H58O15.C5H14NO.ClH/c2*1-3-5-7-9-11-13-19(15-23(35)36)43-24(37)16-20(14-12-10-8-6-4-2)44-31-29(42)27(40)30(22(18-34)46-31)47-32-28(41)26(39)25(38)21(17-33)45-32;1-6(2,3)4-5-7;/h2*19-22,25-34,38-42H,3-18H2,1-2H3,(H,35,36);7H,4-5H2,1-3H3;1H/q;;+1;/p-1. The highest BCUT2D eigenvalue weighted by atomic mass is 35.5. The maximum absolute atomic E-state index is 13.0. The largest absolute Gasteiger partial charge is 1.00 e. The number of rotatable bonds is 48. The summed E-state index contributed by atoms with van der Waals surface area (Å²) in [5.74, 6) is -3.50. The van der Waals surface area contributed by atoms with Crippen molar-refractivity contribution in [1.29, 1.82) is 0 Å². The zero-order chi connectivity index (χ0) is 75.8. The Bertz CT molecular complexity index is 2030. The van der Waals surface area contributed by atoms with E-state index in [4.69, 9.17) is 52.5 Å². The minimum Gasteiger partial charge on any atom is -1.00 e. The molecule has 4 fully saturated rings. The molecule has 24 unspecified atom stereocenters. The van der Waals surface area contributed by atoms with Gasteiger partial charge in [0.1, 0.15) is 116 Å². The van der Waals surface area contributed by atoms with Gasteiger partial charge in [0.15, 0.2) is 25.2 Å². The first kappa shape index (κ1) is 97.2. The molecule has 4 aliphatic rings. The maximum Gasteiger partial charge on any atom is 0.308 e. The molecule has 0 aromatic carbocycles. The number of aliphatic hydroxyl groups excluding tert-OH is 15. The number of hydrogen-bond donors (Lipinski definition) is 17. The Morgan fingerprint density at radius 1 is 0.353 bits per heavy atom. The highest BCUT2D eigenvalue weighted by Gasteiger charge is 2.53. The van der Waals surface area contributed by atoms with E-state index in [2.05, 4.69) is 48.8 Å². The summed E-state index contributed by atoms with van der Waals surface area (Å²) in [7, 11) is 6.16. The molecule has 0 aromatic rings. The Hall–Kier alpha value is -2.79. The molecule has 32 nitrogen and oxygen atoms in total. The van der Waals surface area contributed by atoms with Crippen LogP contribution in [0.3, 0.4) is 0 Å². The number of likely N-dealkylation sites (N-methyl/N-ethyl adjacent to an activating group) is 1. The van der Waals surface area contributed by atoms with E-state index in [-0.39, 0.29) is 44.7 Å². The first-order valence-electron chi connectivity index (χ1n) is 36.7. The minimum absolute atomic E-state index is 0. The van der Waals surface area contributed by atoms with Gasteiger partial charge in [-0.3, -0.25) is 19.2 Å². The molecule has 0 aliphatic carbocycles. The van der Waals surface area contributed by atoms with Crippen LogP contribution in [0.25, 0.3) is 0 Å². The normalized spacial score (nSPS) is 30.8. The van der Waals surface area contributed by atoms with Gasteiger partial charge in [0.25, 0.3) is 0 Å². The molecular weight excluding hydrogens is 1370 g/mol. The molecule has 0 amide bonds. The molecule has 33 heteroatoms. The van der Waals surface area contributed by atoms with Crippen molar-refractivity contribution in [3.05, 3.63) is 0 Å². The van der Waals surface area contributed by atoms with Crippen molar-refractivity contribution in [1.82, 2.24) is 0 Å². The molecule has 102 heavy (non-hydrogen) atoms. The zero-order valence-corrected chi connectivity index (χ0v) is 61.8. The maximum atomic E-state index is 13.0. The highest BCUT2D eigenvalue weighted by Crippen LogP contribution is 2.34. The summed E-state index contributed by atoms with van der Waals surface area (Å²) in [5.41, 5.74) is 0. The van der Waals surface area contributed by atoms with Gasteiger partial charge in [0.05, 0.1) is 92.1 Å². The van der Waals surface area contributed by atoms with Crippen LogP contribution in [0.1, 0.15) is 207 Å². The molecule has 0 aromatic heterocycles. The van der Waals surface area contributed by atoms with E-state index >= 15 is 0 Å². The Kier molecular flexibility index (Phi) is 51.4. The minimum atomic E-state index is -1.80. The number of aliphatic hydroxyl groups is 15. The fraction of sp³-hybridized carbons (Fsp3) is 0.942. The molecule has 24 atom stereocenters. The van der Waals surface area contributed by atoms with Crippen molar-refractivity contribution in [2.45, 2.75) is 355 Å². The van der Waals surface area contributed by atoms with Gasteiger partial charge in [0.2, 0.25) is 0 Å². The van der Waals surface area contributed by atoms with E-state index in [1.165, 1.54) is 0 Å². The predicted molar refractivity (Wildman–Crippen MR) is 360 cm³/mol. The fourth-order valence-corrected chi connectivity index (χ4v) is 12.0. The molecule has 0 bridgehead atoms. The van der Waals surface area contributed by atoms with Crippen LogP contribution in [0.5, 0.6) is 0 Å². The number of nitrogens with zero attached hydrogens (tertiary/aromatic N) is 1. The lowest BCUT2D eigenvalue weighted by atomic mass is 9.97. The molecule has 4 rings (SSSR count). The van der Waals surface area contributed by atoms with Crippen molar-refractivity contribution in [2.75, 3.05) is 60.7 Å². The molecule has 4 aliphatic heterocycles. The molecule has 0 saturated carbocycles. The Balaban J connectivity index is 0.000000922. The second-order valence-corrected chi connectivity index (χ2v) is 27.9. The first-order chi connectivity index (χ1) is 48.0. The topological polar surface area (TPSA) is 504 Å². The van der Waals surface area contributed by atoms with Crippen molar-refractivity contribution >= 4 is 23.9 Å². The quantitative estimate of drug-likeness (QED) is 0.0173. The van der Waals surface area contributed by atoms with Crippen LogP contribution in [-0.2, 0) is 66.5 Å². The number of esters is 2. The number of halogens is 1. The van der Waals surface area contributed by atoms with E-state index in [0.29, 0.717) is 38.5 Å². The third-order valence-corrected chi connectivity index (χ3v) is 18.1. The van der Waals surface area contributed by atoms with Crippen LogP contribution in [0.4, 0.5) is 0 Å². The number of unbranched alkanes of at least 4 members (excludes halogenated alkanes) is 16. The number of aliphatic carboxylic acids is 2. The van der Waals surface area contributed by atoms with Gasteiger partial charge in [-0.05, 0) is 38.5 Å². The lowest BCUT2D eigenvalue weighted by molar-refractivity contribution is -0.870. The summed E-state index contributed by atoms with van der Waals surface area (Å²) in [4.78, 5) is 48.9. The van der Waals surface area contributed by atoms with Crippen LogP contribution in [0.15, 0.2) is 0 Å². The lowest BCUT2D eigenvalue weighted by Crippen LogP contribution is -3.00. The third kappa shape index (κ3) is 36.4. The SMILES string of the molecule is CCCCCCCC(CC(=O)O)OC(=O)CC(CCCCCCC)OC1OC(CO)C(OC2OC(CO)C(O)C(O)C2O)C(O)C1O.CCCCCCCC(CC(=O)O)OC(=O)CC(CCCCCCC)OC1OC(CO)C(OC2OC(CO)C(O)C(O)C2O)C(O)C1O.C[N+](C)(C)CCO.[Cl-]. The number of carboxylic acids is 2. The van der Waals surface area contributed by atoms with E-state index in [9.17, 15) is 101 Å². The van der Waals surface area contributed by atoms with E-state index in [1.54, 1.807) is 0 Å². The van der Waals surface area contributed by atoms with Gasteiger partial charge in [-0.1, -0.05) is 143 Å². The molecule has 4 saturated heterocycles. The van der Waals surface area contributed by atoms with Crippen LogP contribution in [0.2, 0.25) is 0 Å². The number of carbonyl (C=O) groups is 4. The Morgan fingerprint density at radius 2 is 0.627 bits per heavy atom. The second kappa shape index (κ2) is 53.9. The average molecular weight is 1510 g/mol. The number of carbonyl (C=O) groups excluding carboxylic acids is 2. The van der Waals surface area contributed by atoms with Gasteiger partial charge in [-0.25, -0.2) is 0 Å². The number of carboxylic acid groups (broad SMARTS) is 2. The van der Waals surface area contributed by atoms with Crippen LogP contribution in [0, 0.1) is 0 Å². The summed E-state index contributed by atoms with van der Waals surface area (Å²) in [6.07, 6.45) is -16.2. The average Bonchev–Trinajstić information content (AvgIpc) is 0.793. The van der Waals surface area contributed by atoms with Crippen LogP contribution >= 0.6 is 0 Å². The lowest BCUT2D eigenvalue weighted by Gasteiger charge is -2.46. The monoisotopic (exact) mass is 1500 g/mol. The van der Waals surface area contributed by atoms with E-state index in [1.807, 2.05) is 0 Å². The van der Waals surface area contributed by atoms with Gasteiger partial charge in [-0.15, -0.1) is 0 Å². The number of hydrogen-bond acceptors (Lipinski definition) is 29. The Morgan fingerprint density at radius 3 is 0.882 bits per heavy atom. The first-order valence-corrected chi connectivity index (χ1v) is 36.7. The molecule has 0 spiro atoms. The fourth-order valence-electron chi connectivity index (χ4n) is 12.0. The van der Waals surface area contributed by atoms with Gasteiger partial charge in [-0.2, -0.15) is 0 Å². The van der Waals surface area contributed by atoms with Crippen LogP contribution in [-0.4, -0.2) is 323 Å². The molecule has 4 heterocycles. The summed E-state index contributed by atoms with van der Waals surface area (Å²) < 4.78 is 57.3. The molecule has 0 radical (unpaired) electrons. The van der Waals surface area contributed by atoms with Crippen molar-refractivity contribution in [2.24, 2.45) is 0 Å². The Labute approximate surface area is 607 Å². The van der Waals surface area contributed by atoms with Crippen molar-refractivity contribution in [3.8, 4) is 0 Å². The van der Waals surface area contributed by atoms with E-state index in [0.717, 1.165) is 127 Å². The highest BCUT2D eigenvalue weighted by molar-refractivity contribution is 5.72. The van der Waals surface area contributed by atoms with Crippen LogP contribution < -0.4 is 12.4 Å². The van der Waals surface area contributed by atoms with E-state index < -0.39 is 198 Å². The summed E-state index contributed by atoms with van der Waals surface area (Å²) in [6.45, 7) is 6.57. The summed E-state index contributed by atoms with van der Waals surface area (Å²) >= 11 is 0.